The second kappa shape index (κ2) is 13.6. The number of hydrogen-bond acceptors (Lipinski definition) is 1. The second-order valence-electron chi connectivity index (χ2n) is 14.4. The summed E-state index contributed by atoms with van der Waals surface area (Å²) in [4.78, 5) is 0. The van der Waals surface area contributed by atoms with E-state index in [2.05, 4.69) is 175 Å². The van der Waals surface area contributed by atoms with Crippen LogP contribution >= 0.6 is 0 Å². The summed E-state index contributed by atoms with van der Waals surface area (Å²) in [5.74, 6) is 0. The topological polar surface area (TPSA) is 23.0 Å². The first-order valence-electron chi connectivity index (χ1n) is 19.1. The SMILES string of the molecule is C=C/C=C\C(=C)C(=C)/C(=C\C=C)c1ccc(-n2c3ccccc3c3cc(-c4ccc5c(c4)c4ccccc4n5-c4ccc5oc6ccccc6c5c4)ccc32)cc1. The third-order valence-corrected chi connectivity index (χ3v) is 11.2. The molecule has 0 spiro atoms. The van der Waals surface area contributed by atoms with Gasteiger partial charge in [-0.2, -0.15) is 0 Å². The smallest absolute Gasteiger partial charge is 0.135 e. The summed E-state index contributed by atoms with van der Waals surface area (Å²) in [5.41, 5.74) is 14.7. The van der Waals surface area contributed by atoms with Gasteiger partial charge < -0.3 is 13.6 Å². The minimum atomic E-state index is 0.830. The summed E-state index contributed by atoms with van der Waals surface area (Å²) in [7, 11) is 0. The zero-order valence-corrected chi connectivity index (χ0v) is 31.5. The van der Waals surface area contributed by atoms with E-state index in [0.717, 1.165) is 66.6 Å². The zero-order chi connectivity index (χ0) is 38.6. The molecule has 0 fully saturated rings. The number of benzene rings is 7. The molecule has 0 bridgehead atoms. The first-order chi connectivity index (χ1) is 28.0. The minimum Gasteiger partial charge on any atom is -0.456 e. The van der Waals surface area contributed by atoms with E-state index in [1.165, 1.54) is 43.7 Å². The van der Waals surface area contributed by atoms with Crippen molar-refractivity contribution < 1.29 is 4.42 Å². The Morgan fingerprint density at radius 3 is 1.65 bits per heavy atom. The van der Waals surface area contributed by atoms with E-state index in [4.69, 9.17) is 4.42 Å². The molecule has 0 atom stereocenters. The Morgan fingerprint density at radius 1 is 0.474 bits per heavy atom. The molecule has 0 aliphatic heterocycles. The monoisotopic (exact) mass is 730 g/mol. The van der Waals surface area contributed by atoms with E-state index < -0.39 is 0 Å². The van der Waals surface area contributed by atoms with E-state index in [1.54, 1.807) is 12.2 Å². The number of hydrogen-bond donors (Lipinski definition) is 0. The lowest BCUT2D eigenvalue weighted by molar-refractivity contribution is 0.669. The van der Waals surface area contributed by atoms with Crippen LogP contribution in [0.25, 0.3) is 93.6 Å². The van der Waals surface area contributed by atoms with Crippen LogP contribution in [0.5, 0.6) is 0 Å². The molecule has 10 aromatic rings. The zero-order valence-electron chi connectivity index (χ0n) is 31.5. The van der Waals surface area contributed by atoms with Crippen molar-refractivity contribution in [2.45, 2.75) is 0 Å². The van der Waals surface area contributed by atoms with Crippen LogP contribution in [0.4, 0.5) is 0 Å². The molecule has 57 heavy (non-hydrogen) atoms. The van der Waals surface area contributed by atoms with Crippen molar-refractivity contribution >= 4 is 71.1 Å². The second-order valence-corrected chi connectivity index (χ2v) is 14.4. The molecule has 270 valence electrons. The maximum Gasteiger partial charge on any atom is 0.135 e. The number of nitrogens with zero attached hydrogens (tertiary/aromatic N) is 2. The van der Waals surface area contributed by atoms with Crippen molar-refractivity contribution in [3.63, 3.8) is 0 Å². The molecular weight excluding hydrogens is 693 g/mol. The van der Waals surface area contributed by atoms with Crippen molar-refractivity contribution in [1.29, 1.82) is 0 Å². The molecule has 0 saturated heterocycles. The summed E-state index contributed by atoms with van der Waals surface area (Å²) < 4.78 is 10.9. The molecule has 3 nitrogen and oxygen atoms in total. The van der Waals surface area contributed by atoms with Gasteiger partial charge in [0.25, 0.3) is 0 Å². The minimum absolute atomic E-state index is 0.830. The summed E-state index contributed by atoms with van der Waals surface area (Å²) in [6.07, 6.45) is 9.32. The highest BCUT2D eigenvalue weighted by Crippen LogP contribution is 2.40. The van der Waals surface area contributed by atoms with Gasteiger partial charge in [0.15, 0.2) is 0 Å². The number of fused-ring (bicyclic) bond motifs is 9. The summed E-state index contributed by atoms with van der Waals surface area (Å²) in [5, 5.41) is 7.11. The highest BCUT2D eigenvalue weighted by molar-refractivity contribution is 6.13. The van der Waals surface area contributed by atoms with Crippen LogP contribution < -0.4 is 0 Å². The quantitative estimate of drug-likeness (QED) is 0.136. The van der Waals surface area contributed by atoms with Gasteiger partial charge in [-0.05, 0) is 106 Å². The molecule has 0 N–H and O–H groups in total. The van der Waals surface area contributed by atoms with Crippen LogP contribution in [0.1, 0.15) is 5.56 Å². The van der Waals surface area contributed by atoms with Gasteiger partial charge in [-0.25, -0.2) is 0 Å². The fourth-order valence-electron chi connectivity index (χ4n) is 8.45. The van der Waals surface area contributed by atoms with E-state index in [-0.39, 0.29) is 0 Å². The van der Waals surface area contributed by atoms with Crippen molar-refractivity contribution in [3.8, 4) is 22.5 Å². The molecule has 0 aliphatic rings. The Morgan fingerprint density at radius 2 is 1.02 bits per heavy atom. The van der Waals surface area contributed by atoms with Crippen LogP contribution in [0.3, 0.4) is 0 Å². The summed E-state index contributed by atoms with van der Waals surface area (Å²) in [6, 6.07) is 54.5. The van der Waals surface area contributed by atoms with Gasteiger partial charge in [0, 0.05) is 43.7 Å². The third kappa shape index (κ3) is 5.51. The number of aromatic nitrogens is 2. The van der Waals surface area contributed by atoms with Gasteiger partial charge in [-0.15, -0.1) is 0 Å². The molecule has 3 heterocycles. The maximum atomic E-state index is 6.17. The van der Waals surface area contributed by atoms with Crippen molar-refractivity contribution in [1.82, 2.24) is 9.13 Å². The van der Waals surface area contributed by atoms with Crippen molar-refractivity contribution in [2.75, 3.05) is 0 Å². The van der Waals surface area contributed by atoms with E-state index in [1.807, 2.05) is 30.4 Å². The molecule has 0 amide bonds. The van der Waals surface area contributed by atoms with Gasteiger partial charge in [-0.1, -0.05) is 136 Å². The van der Waals surface area contributed by atoms with E-state index in [9.17, 15) is 0 Å². The molecule has 0 radical (unpaired) electrons. The summed E-state index contributed by atoms with van der Waals surface area (Å²) in [6.45, 7) is 16.3. The van der Waals surface area contributed by atoms with Gasteiger partial charge in [-0.3, -0.25) is 0 Å². The number of rotatable bonds is 9. The Hall–Kier alpha value is -7.62. The van der Waals surface area contributed by atoms with Gasteiger partial charge in [0.05, 0.1) is 22.1 Å². The number of allylic oxidation sites excluding steroid dienone is 8. The molecule has 3 heteroatoms. The van der Waals surface area contributed by atoms with Crippen LogP contribution in [0.2, 0.25) is 0 Å². The van der Waals surface area contributed by atoms with Gasteiger partial charge in [0.1, 0.15) is 11.2 Å². The fourth-order valence-corrected chi connectivity index (χ4v) is 8.45. The normalized spacial score (nSPS) is 12.2. The van der Waals surface area contributed by atoms with Gasteiger partial charge >= 0.3 is 0 Å². The Labute approximate surface area is 331 Å². The highest BCUT2D eigenvalue weighted by atomic mass is 16.3. The Kier molecular flexibility index (Phi) is 8.09. The molecule has 0 unspecified atom stereocenters. The van der Waals surface area contributed by atoms with Crippen LogP contribution in [-0.2, 0) is 0 Å². The average Bonchev–Trinajstić information content (AvgIpc) is 3.91. The third-order valence-electron chi connectivity index (χ3n) is 11.2. The van der Waals surface area contributed by atoms with Crippen LogP contribution in [0.15, 0.2) is 224 Å². The Balaban J connectivity index is 1.07. The van der Waals surface area contributed by atoms with Crippen LogP contribution in [0, 0.1) is 0 Å². The molecule has 0 aliphatic carbocycles. The summed E-state index contributed by atoms with van der Waals surface area (Å²) >= 11 is 0. The highest BCUT2D eigenvalue weighted by Gasteiger charge is 2.18. The molecule has 10 rings (SSSR count). The largest absolute Gasteiger partial charge is 0.456 e. The predicted octanol–water partition coefficient (Wildman–Crippen LogP) is 14.9. The van der Waals surface area contributed by atoms with Gasteiger partial charge in [0.2, 0.25) is 0 Å². The van der Waals surface area contributed by atoms with Crippen molar-refractivity contribution in [2.24, 2.45) is 0 Å². The number of furan rings is 1. The van der Waals surface area contributed by atoms with E-state index >= 15 is 0 Å². The van der Waals surface area contributed by atoms with E-state index in [0.29, 0.717) is 0 Å². The average molecular weight is 731 g/mol. The first kappa shape index (κ1) is 33.9. The molecule has 7 aromatic carbocycles. The fraction of sp³-hybridized carbons (Fsp3) is 0. The lowest BCUT2D eigenvalue weighted by atomic mass is 9.93. The predicted molar refractivity (Wildman–Crippen MR) is 244 cm³/mol. The standard InChI is InChI=1S/C54H38N2O/c1-5-7-15-35(3)36(4)42(14-6-2)37-22-26-40(27-23-37)55-49-19-11-8-16-43(49)46-32-38(24-29-51(46)55)39-25-30-52-47(33-39)44-17-9-12-20-50(44)56(52)41-28-31-54-48(34-41)45-18-10-13-21-53(45)57-54/h5-34H,1-4H2/b15-7-,42-14+. The molecule has 0 saturated carbocycles. The lowest BCUT2D eigenvalue weighted by Crippen LogP contribution is -1.96. The molecule has 3 aromatic heterocycles. The Bertz CT molecular complexity index is 3360. The maximum absolute atomic E-state index is 6.17. The number of para-hydroxylation sites is 3. The molecular formula is C54H38N2O. The first-order valence-corrected chi connectivity index (χ1v) is 19.1. The van der Waals surface area contributed by atoms with Crippen molar-refractivity contribution in [3.05, 3.63) is 225 Å². The van der Waals surface area contributed by atoms with Crippen LogP contribution in [-0.4, -0.2) is 9.13 Å². The lowest BCUT2D eigenvalue weighted by Gasteiger charge is -2.14.